The van der Waals surface area contributed by atoms with Crippen LogP contribution in [0.1, 0.15) is 44.9 Å². The highest BCUT2D eigenvalue weighted by molar-refractivity contribution is 5.76. The largest absolute Gasteiger partial charge is 0.375 e. The van der Waals surface area contributed by atoms with Gasteiger partial charge in [-0.2, -0.15) is 0 Å². The fourth-order valence-corrected chi connectivity index (χ4v) is 3.29. The van der Waals surface area contributed by atoms with Crippen LogP contribution in [0.3, 0.4) is 0 Å². The number of carbonyl (C=O) groups is 1. The molecule has 0 aromatic heterocycles. The molecule has 0 bridgehead atoms. The standard InChI is InChI=1S/C16H31N3O2/c1-19(14-6-3-2-4-7-14)10-5-8-18-16(20)12-15-13-17-9-11-21-15/h14-15,17H,2-13H2,1H3,(H,18,20). The lowest BCUT2D eigenvalue weighted by atomic mass is 9.94. The molecule has 1 aliphatic carbocycles. The molecule has 21 heavy (non-hydrogen) atoms. The molecule has 1 saturated heterocycles. The van der Waals surface area contributed by atoms with E-state index >= 15 is 0 Å². The van der Waals surface area contributed by atoms with Crippen molar-refractivity contribution >= 4 is 5.91 Å². The van der Waals surface area contributed by atoms with Gasteiger partial charge in [0.1, 0.15) is 0 Å². The molecule has 122 valence electrons. The van der Waals surface area contributed by atoms with Crippen LogP contribution in [0.5, 0.6) is 0 Å². The normalized spacial score (nSPS) is 24.2. The van der Waals surface area contributed by atoms with Crippen molar-refractivity contribution in [3.8, 4) is 0 Å². The first-order valence-electron chi connectivity index (χ1n) is 8.55. The van der Waals surface area contributed by atoms with Gasteiger partial charge in [0.2, 0.25) is 5.91 Å². The molecule has 1 saturated carbocycles. The van der Waals surface area contributed by atoms with E-state index in [4.69, 9.17) is 4.74 Å². The zero-order chi connectivity index (χ0) is 14.9. The summed E-state index contributed by atoms with van der Waals surface area (Å²) < 4.78 is 5.54. The number of hydrogen-bond acceptors (Lipinski definition) is 4. The second-order valence-corrected chi connectivity index (χ2v) is 6.38. The van der Waals surface area contributed by atoms with Gasteiger partial charge in [0.05, 0.1) is 19.1 Å². The predicted molar refractivity (Wildman–Crippen MR) is 84.4 cm³/mol. The minimum atomic E-state index is 0.0451. The van der Waals surface area contributed by atoms with Crippen molar-refractivity contribution in [2.45, 2.75) is 57.1 Å². The van der Waals surface area contributed by atoms with E-state index in [0.29, 0.717) is 13.0 Å². The topological polar surface area (TPSA) is 53.6 Å². The molecule has 1 aliphatic heterocycles. The maximum atomic E-state index is 11.8. The Labute approximate surface area is 128 Å². The molecule has 0 spiro atoms. The Hall–Kier alpha value is -0.650. The average Bonchev–Trinajstić information content (AvgIpc) is 2.53. The Morgan fingerprint density at radius 2 is 2.14 bits per heavy atom. The number of nitrogens with one attached hydrogen (secondary N) is 2. The Balaban J connectivity index is 1.51. The van der Waals surface area contributed by atoms with Crippen molar-refractivity contribution < 1.29 is 9.53 Å². The van der Waals surface area contributed by atoms with Gasteiger partial charge < -0.3 is 20.3 Å². The Bertz CT molecular complexity index is 300. The van der Waals surface area contributed by atoms with Gasteiger partial charge in [-0.15, -0.1) is 0 Å². The van der Waals surface area contributed by atoms with Gasteiger partial charge in [0.25, 0.3) is 0 Å². The summed E-state index contributed by atoms with van der Waals surface area (Å²) in [5, 5.41) is 6.26. The van der Waals surface area contributed by atoms with Crippen LogP contribution in [0.25, 0.3) is 0 Å². The van der Waals surface area contributed by atoms with Crippen LogP contribution in [-0.2, 0) is 9.53 Å². The Kier molecular flexibility index (Phi) is 7.47. The third-order valence-electron chi connectivity index (χ3n) is 4.63. The first-order chi connectivity index (χ1) is 10.3. The van der Waals surface area contributed by atoms with Crippen molar-refractivity contribution in [2.24, 2.45) is 0 Å². The number of rotatable bonds is 7. The summed E-state index contributed by atoms with van der Waals surface area (Å²) in [4.78, 5) is 14.3. The van der Waals surface area contributed by atoms with E-state index in [2.05, 4.69) is 22.6 Å². The molecule has 5 nitrogen and oxygen atoms in total. The van der Waals surface area contributed by atoms with Gasteiger partial charge in [-0.1, -0.05) is 19.3 Å². The van der Waals surface area contributed by atoms with Gasteiger partial charge in [-0.05, 0) is 32.9 Å². The molecule has 2 rings (SSSR count). The van der Waals surface area contributed by atoms with Crippen LogP contribution in [0.4, 0.5) is 0 Å². The van der Waals surface area contributed by atoms with Crippen molar-refractivity contribution in [3.63, 3.8) is 0 Å². The summed E-state index contributed by atoms with van der Waals surface area (Å²) >= 11 is 0. The third-order valence-corrected chi connectivity index (χ3v) is 4.63. The number of morpholine rings is 1. The van der Waals surface area contributed by atoms with Gasteiger partial charge in [0.15, 0.2) is 0 Å². The molecule has 5 heteroatoms. The molecule has 2 aliphatic rings. The molecule has 0 aromatic rings. The van der Waals surface area contributed by atoms with Crippen molar-refractivity contribution in [3.05, 3.63) is 0 Å². The molecule has 1 heterocycles. The van der Waals surface area contributed by atoms with Crippen LogP contribution >= 0.6 is 0 Å². The molecule has 0 aromatic carbocycles. The molecule has 2 N–H and O–H groups in total. The molecule has 0 radical (unpaired) electrons. The number of ether oxygens (including phenoxy) is 1. The quantitative estimate of drug-likeness (QED) is 0.692. The smallest absolute Gasteiger partial charge is 0.222 e. The van der Waals surface area contributed by atoms with Crippen molar-refractivity contribution in [1.82, 2.24) is 15.5 Å². The summed E-state index contributed by atoms with van der Waals surface area (Å²) in [6.45, 7) is 4.25. The lowest BCUT2D eigenvalue weighted by Crippen LogP contribution is -2.41. The molecule has 1 amide bonds. The first kappa shape index (κ1) is 16.7. The highest BCUT2D eigenvalue weighted by Gasteiger charge is 2.18. The van der Waals surface area contributed by atoms with E-state index in [0.717, 1.165) is 38.6 Å². The van der Waals surface area contributed by atoms with E-state index in [-0.39, 0.29) is 12.0 Å². The maximum absolute atomic E-state index is 11.8. The van der Waals surface area contributed by atoms with Gasteiger partial charge in [0, 0.05) is 25.7 Å². The maximum Gasteiger partial charge on any atom is 0.222 e. The molecule has 2 fully saturated rings. The van der Waals surface area contributed by atoms with Crippen molar-refractivity contribution in [1.29, 1.82) is 0 Å². The van der Waals surface area contributed by atoms with Crippen LogP contribution < -0.4 is 10.6 Å². The Morgan fingerprint density at radius 1 is 1.33 bits per heavy atom. The number of amides is 1. The SMILES string of the molecule is CN(CCCNC(=O)CC1CNCCO1)C1CCCCC1. The summed E-state index contributed by atoms with van der Waals surface area (Å²) in [7, 11) is 2.22. The van der Waals surface area contributed by atoms with E-state index in [1.807, 2.05) is 0 Å². The average molecular weight is 297 g/mol. The summed E-state index contributed by atoms with van der Waals surface area (Å²) in [6, 6.07) is 0.760. The summed E-state index contributed by atoms with van der Waals surface area (Å²) in [6.07, 6.45) is 8.39. The minimum Gasteiger partial charge on any atom is -0.375 e. The highest BCUT2D eigenvalue weighted by atomic mass is 16.5. The first-order valence-corrected chi connectivity index (χ1v) is 8.55. The minimum absolute atomic E-state index is 0.0451. The molecular weight excluding hydrogens is 266 g/mol. The predicted octanol–water partition coefficient (Wildman–Crippen LogP) is 1.14. The van der Waals surface area contributed by atoms with Crippen LogP contribution in [0, 0.1) is 0 Å². The molecule has 1 atom stereocenters. The lowest BCUT2D eigenvalue weighted by Gasteiger charge is -2.31. The monoisotopic (exact) mass is 297 g/mol. The molecular formula is C16H31N3O2. The van der Waals surface area contributed by atoms with E-state index in [1.54, 1.807) is 0 Å². The zero-order valence-electron chi connectivity index (χ0n) is 13.4. The van der Waals surface area contributed by atoms with Crippen LogP contribution in [0.15, 0.2) is 0 Å². The fourth-order valence-electron chi connectivity index (χ4n) is 3.29. The second kappa shape index (κ2) is 9.38. The van der Waals surface area contributed by atoms with Crippen LogP contribution in [-0.4, -0.2) is 62.8 Å². The Morgan fingerprint density at radius 3 is 2.86 bits per heavy atom. The summed E-state index contributed by atoms with van der Waals surface area (Å²) in [5.74, 6) is 0.115. The second-order valence-electron chi connectivity index (χ2n) is 6.38. The van der Waals surface area contributed by atoms with E-state index in [1.165, 1.54) is 32.1 Å². The van der Waals surface area contributed by atoms with Crippen LogP contribution in [0.2, 0.25) is 0 Å². The summed E-state index contributed by atoms with van der Waals surface area (Å²) in [5.41, 5.74) is 0. The lowest BCUT2D eigenvalue weighted by molar-refractivity contribution is -0.124. The number of nitrogens with zero attached hydrogens (tertiary/aromatic N) is 1. The van der Waals surface area contributed by atoms with Gasteiger partial charge in [-0.3, -0.25) is 4.79 Å². The van der Waals surface area contributed by atoms with Gasteiger partial charge in [-0.25, -0.2) is 0 Å². The third kappa shape index (κ3) is 6.32. The number of carbonyl (C=O) groups excluding carboxylic acids is 1. The highest BCUT2D eigenvalue weighted by Crippen LogP contribution is 2.21. The fraction of sp³-hybridized carbons (Fsp3) is 0.938. The zero-order valence-corrected chi connectivity index (χ0v) is 13.4. The van der Waals surface area contributed by atoms with Gasteiger partial charge >= 0.3 is 0 Å². The van der Waals surface area contributed by atoms with Crippen molar-refractivity contribution in [2.75, 3.05) is 39.8 Å². The molecule has 1 unspecified atom stereocenters. The van der Waals surface area contributed by atoms with E-state index < -0.39 is 0 Å². The number of hydrogen-bond donors (Lipinski definition) is 2. The van der Waals surface area contributed by atoms with E-state index in [9.17, 15) is 4.79 Å².